The van der Waals surface area contributed by atoms with E-state index in [9.17, 15) is 0 Å². The molecule has 16 heavy (non-hydrogen) atoms. The summed E-state index contributed by atoms with van der Waals surface area (Å²) in [4.78, 5) is 0. The number of hydrogen-bond donors (Lipinski definition) is 1. The summed E-state index contributed by atoms with van der Waals surface area (Å²) >= 11 is 0. The van der Waals surface area contributed by atoms with Gasteiger partial charge in [-0.2, -0.15) is 0 Å². The van der Waals surface area contributed by atoms with E-state index in [1.807, 2.05) is 0 Å². The van der Waals surface area contributed by atoms with Crippen molar-refractivity contribution in [3.63, 3.8) is 0 Å². The average molecular weight is 217 g/mol. The molecule has 0 aliphatic carbocycles. The molecule has 86 valence electrons. The fourth-order valence-electron chi connectivity index (χ4n) is 2.43. The molecule has 0 atom stereocenters. The van der Waals surface area contributed by atoms with Gasteiger partial charge in [0.1, 0.15) is 0 Å². The molecule has 0 bridgehead atoms. The summed E-state index contributed by atoms with van der Waals surface area (Å²) < 4.78 is 2.26. The quantitative estimate of drug-likeness (QED) is 0.840. The van der Waals surface area contributed by atoms with Crippen LogP contribution in [-0.4, -0.2) is 16.3 Å². The molecule has 0 unspecified atom stereocenters. The van der Waals surface area contributed by atoms with E-state index in [0.717, 1.165) is 13.0 Å². The summed E-state index contributed by atoms with van der Waals surface area (Å²) in [6.45, 7) is 7.59. The molecule has 1 aromatic heterocycles. The highest BCUT2D eigenvalue weighted by atomic mass is 16.3. The fourth-order valence-corrected chi connectivity index (χ4v) is 2.43. The zero-order chi connectivity index (χ0) is 11.7. The number of benzene rings is 1. The molecule has 0 saturated carbocycles. The minimum atomic E-state index is 0.254. The Balaban J connectivity index is 2.59. The van der Waals surface area contributed by atoms with Gasteiger partial charge in [-0.1, -0.05) is 11.6 Å². The van der Waals surface area contributed by atoms with Gasteiger partial charge in [0.15, 0.2) is 0 Å². The Labute approximate surface area is 96.5 Å². The Bertz CT molecular complexity index is 511. The standard InChI is InChI=1S/C14H19NO/c1-10-7-11(2)14-13(8-10)12(3)9-15(14)5-4-6-16/h7-9,16H,4-6H2,1-3H3. The van der Waals surface area contributed by atoms with Gasteiger partial charge in [-0.05, 0) is 44.4 Å². The monoisotopic (exact) mass is 217 g/mol. The van der Waals surface area contributed by atoms with Crippen molar-refractivity contribution in [3.8, 4) is 0 Å². The highest BCUT2D eigenvalue weighted by Gasteiger charge is 2.08. The van der Waals surface area contributed by atoms with Gasteiger partial charge in [0, 0.05) is 24.7 Å². The molecule has 2 aromatic rings. The van der Waals surface area contributed by atoms with Gasteiger partial charge in [-0.25, -0.2) is 0 Å². The van der Waals surface area contributed by atoms with Crippen molar-refractivity contribution in [1.82, 2.24) is 4.57 Å². The summed E-state index contributed by atoms with van der Waals surface area (Å²) in [5, 5.41) is 10.2. The van der Waals surface area contributed by atoms with Crippen LogP contribution in [0.4, 0.5) is 0 Å². The second kappa shape index (κ2) is 4.30. The molecule has 2 heteroatoms. The first-order chi connectivity index (χ1) is 7.63. The molecule has 0 aliphatic heterocycles. The Hall–Kier alpha value is -1.28. The van der Waals surface area contributed by atoms with Gasteiger partial charge in [-0.15, -0.1) is 0 Å². The molecule has 2 rings (SSSR count). The highest BCUT2D eigenvalue weighted by Crippen LogP contribution is 2.25. The first-order valence-electron chi connectivity index (χ1n) is 5.81. The smallest absolute Gasteiger partial charge is 0.0512 e. The second-order valence-electron chi connectivity index (χ2n) is 4.56. The minimum absolute atomic E-state index is 0.254. The molecule has 1 aromatic carbocycles. The number of hydrogen-bond acceptors (Lipinski definition) is 1. The van der Waals surface area contributed by atoms with Crippen LogP contribution < -0.4 is 0 Å². The normalized spacial score (nSPS) is 11.2. The van der Waals surface area contributed by atoms with Crippen LogP contribution in [0, 0.1) is 20.8 Å². The van der Waals surface area contributed by atoms with Crippen molar-refractivity contribution in [3.05, 3.63) is 35.0 Å². The van der Waals surface area contributed by atoms with Crippen LogP contribution in [-0.2, 0) is 6.54 Å². The maximum atomic E-state index is 8.91. The number of fused-ring (bicyclic) bond motifs is 1. The van der Waals surface area contributed by atoms with E-state index in [-0.39, 0.29) is 6.61 Å². The summed E-state index contributed by atoms with van der Waals surface area (Å²) in [6.07, 6.45) is 3.00. The summed E-state index contributed by atoms with van der Waals surface area (Å²) in [5.74, 6) is 0. The molecule has 1 N–H and O–H groups in total. The Morgan fingerprint density at radius 3 is 2.56 bits per heavy atom. The van der Waals surface area contributed by atoms with Gasteiger partial charge >= 0.3 is 0 Å². The third kappa shape index (κ3) is 1.85. The molecule has 0 aliphatic rings. The van der Waals surface area contributed by atoms with Crippen molar-refractivity contribution >= 4 is 10.9 Å². The van der Waals surface area contributed by atoms with E-state index in [1.54, 1.807) is 0 Å². The van der Waals surface area contributed by atoms with Crippen LogP contribution in [0.1, 0.15) is 23.1 Å². The third-order valence-electron chi connectivity index (χ3n) is 3.06. The van der Waals surface area contributed by atoms with Crippen LogP contribution in [0.2, 0.25) is 0 Å². The number of nitrogens with zero attached hydrogens (tertiary/aromatic N) is 1. The van der Waals surface area contributed by atoms with Gasteiger partial charge < -0.3 is 9.67 Å². The van der Waals surface area contributed by atoms with E-state index in [1.165, 1.54) is 27.6 Å². The van der Waals surface area contributed by atoms with E-state index in [4.69, 9.17) is 5.11 Å². The molecular weight excluding hydrogens is 198 g/mol. The summed E-state index contributed by atoms with van der Waals surface area (Å²) in [6, 6.07) is 4.46. The van der Waals surface area contributed by atoms with Crippen molar-refractivity contribution < 1.29 is 5.11 Å². The Morgan fingerprint density at radius 2 is 1.88 bits per heavy atom. The van der Waals surface area contributed by atoms with Crippen molar-refractivity contribution in [2.45, 2.75) is 33.7 Å². The molecule has 2 nitrogen and oxygen atoms in total. The molecule has 1 heterocycles. The lowest BCUT2D eigenvalue weighted by molar-refractivity contribution is 0.280. The molecule has 0 amide bonds. The molecule has 0 radical (unpaired) electrons. The van der Waals surface area contributed by atoms with Crippen LogP contribution in [0.25, 0.3) is 10.9 Å². The predicted molar refractivity (Wildman–Crippen MR) is 67.9 cm³/mol. The third-order valence-corrected chi connectivity index (χ3v) is 3.06. The molecule has 0 saturated heterocycles. The van der Waals surface area contributed by atoms with Crippen molar-refractivity contribution in [2.75, 3.05) is 6.61 Å². The first kappa shape index (κ1) is 11.2. The van der Waals surface area contributed by atoms with Crippen LogP contribution in [0.5, 0.6) is 0 Å². The van der Waals surface area contributed by atoms with Crippen LogP contribution >= 0.6 is 0 Å². The highest BCUT2D eigenvalue weighted by molar-refractivity contribution is 5.87. The molecule has 0 spiro atoms. The van der Waals surface area contributed by atoms with Gasteiger partial charge in [-0.3, -0.25) is 0 Å². The zero-order valence-electron chi connectivity index (χ0n) is 10.2. The maximum Gasteiger partial charge on any atom is 0.0512 e. The summed E-state index contributed by atoms with van der Waals surface area (Å²) in [7, 11) is 0. The minimum Gasteiger partial charge on any atom is -0.396 e. The number of aliphatic hydroxyl groups is 1. The van der Waals surface area contributed by atoms with E-state index in [0.29, 0.717) is 0 Å². The number of rotatable bonds is 3. The lowest BCUT2D eigenvalue weighted by Crippen LogP contribution is -1.99. The van der Waals surface area contributed by atoms with E-state index in [2.05, 4.69) is 43.7 Å². The SMILES string of the molecule is Cc1cc(C)c2c(c1)c(C)cn2CCCO. The van der Waals surface area contributed by atoms with Gasteiger partial charge in [0.25, 0.3) is 0 Å². The van der Waals surface area contributed by atoms with Crippen LogP contribution in [0.3, 0.4) is 0 Å². The largest absolute Gasteiger partial charge is 0.396 e. The average Bonchev–Trinajstić information content (AvgIpc) is 2.53. The van der Waals surface area contributed by atoms with Gasteiger partial charge in [0.05, 0.1) is 5.52 Å². The lowest BCUT2D eigenvalue weighted by atomic mass is 10.1. The van der Waals surface area contributed by atoms with E-state index < -0.39 is 0 Å². The van der Waals surface area contributed by atoms with Crippen molar-refractivity contribution in [1.29, 1.82) is 0 Å². The van der Waals surface area contributed by atoms with E-state index >= 15 is 0 Å². The first-order valence-corrected chi connectivity index (χ1v) is 5.81. The molecule has 0 fully saturated rings. The van der Waals surface area contributed by atoms with Gasteiger partial charge in [0.2, 0.25) is 0 Å². The number of aryl methyl sites for hydroxylation is 4. The Morgan fingerprint density at radius 1 is 1.12 bits per heavy atom. The second-order valence-corrected chi connectivity index (χ2v) is 4.56. The van der Waals surface area contributed by atoms with Crippen LogP contribution in [0.15, 0.2) is 18.3 Å². The maximum absolute atomic E-state index is 8.91. The molecular formula is C14H19NO. The summed E-state index contributed by atoms with van der Waals surface area (Å²) in [5.41, 5.74) is 5.27. The lowest BCUT2D eigenvalue weighted by Gasteiger charge is -2.07. The Kier molecular flexibility index (Phi) is 3.01. The topological polar surface area (TPSA) is 25.2 Å². The fraction of sp³-hybridized carbons (Fsp3) is 0.429. The number of aliphatic hydroxyl groups excluding tert-OH is 1. The zero-order valence-corrected chi connectivity index (χ0v) is 10.2. The van der Waals surface area contributed by atoms with Crippen molar-refractivity contribution in [2.24, 2.45) is 0 Å². The predicted octanol–water partition coefficient (Wildman–Crippen LogP) is 2.95. The number of aromatic nitrogens is 1.